The van der Waals surface area contributed by atoms with Crippen LogP contribution in [0.15, 0.2) is 59.3 Å². The molecule has 146 valence electrons. The number of halogens is 2. The summed E-state index contributed by atoms with van der Waals surface area (Å²) >= 11 is 5.05. The van der Waals surface area contributed by atoms with Crippen molar-refractivity contribution in [2.24, 2.45) is 7.05 Å². The number of benzene rings is 2. The van der Waals surface area contributed by atoms with Gasteiger partial charge in [0.15, 0.2) is 0 Å². The SMILES string of the molecule is Br.Cn1cc(-c2nn3cc(-c4ccc([N+](=O)[O-])cc4)nc3s2)c2cc(Br)ccc21. The molecule has 7 nitrogen and oxygen atoms in total. The first-order chi connectivity index (χ1) is 13.5. The van der Waals surface area contributed by atoms with Crippen molar-refractivity contribution in [3.8, 4) is 21.8 Å². The molecule has 10 heteroatoms. The second-order valence-electron chi connectivity index (χ2n) is 6.38. The normalized spacial score (nSPS) is 11.1. The lowest BCUT2D eigenvalue weighted by atomic mass is 10.1. The van der Waals surface area contributed by atoms with E-state index in [-0.39, 0.29) is 22.7 Å². The lowest BCUT2D eigenvalue weighted by Gasteiger charge is -1.97. The molecule has 0 aliphatic rings. The lowest BCUT2D eigenvalue weighted by molar-refractivity contribution is -0.384. The third kappa shape index (κ3) is 3.37. The number of nitrogens with zero attached hydrogens (tertiary/aromatic N) is 5. The summed E-state index contributed by atoms with van der Waals surface area (Å²) in [5.41, 5.74) is 3.82. The van der Waals surface area contributed by atoms with E-state index in [1.54, 1.807) is 16.6 Å². The van der Waals surface area contributed by atoms with Crippen LogP contribution in [-0.2, 0) is 7.05 Å². The molecular weight excluding hydrogens is 522 g/mol. The Morgan fingerprint density at radius 1 is 1.14 bits per heavy atom. The Bertz CT molecular complexity index is 1340. The molecule has 0 atom stereocenters. The van der Waals surface area contributed by atoms with E-state index < -0.39 is 4.92 Å². The monoisotopic (exact) mass is 533 g/mol. The zero-order valence-electron chi connectivity index (χ0n) is 14.9. The Labute approximate surface area is 187 Å². The molecule has 0 aliphatic heterocycles. The van der Waals surface area contributed by atoms with Crippen LogP contribution in [0.1, 0.15) is 0 Å². The van der Waals surface area contributed by atoms with Crippen LogP contribution in [0.3, 0.4) is 0 Å². The molecule has 5 rings (SSSR count). The number of imidazole rings is 1. The Hall–Kier alpha value is -2.56. The molecule has 5 aromatic rings. The molecule has 0 N–H and O–H groups in total. The van der Waals surface area contributed by atoms with E-state index in [9.17, 15) is 10.1 Å². The van der Waals surface area contributed by atoms with E-state index in [4.69, 9.17) is 5.10 Å². The van der Waals surface area contributed by atoms with Gasteiger partial charge in [0.05, 0.1) is 16.8 Å². The number of rotatable bonds is 3. The van der Waals surface area contributed by atoms with Crippen molar-refractivity contribution < 1.29 is 4.92 Å². The highest BCUT2D eigenvalue weighted by Crippen LogP contribution is 2.35. The fourth-order valence-corrected chi connectivity index (χ4v) is 4.50. The number of nitro benzene ring substituents is 1. The van der Waals surface area contributed by atoms with E-state index >= 15 is 0 Å². The highest BCUT2D eigenvalue weighted by molar-refractivity contribution is 9.10. The van der Waals surface area contributed by atoms with Gasteiger partial charge < -0.3 is 4.57 Å². The second kappa shape index (κ2) is 7.36. The third-order valence-electron chi connectivity index (χ3n) is 4.60. The van der Waals surface area contributed by atoms with E-state index in [2.05, 4.69) is 43.8 Å². The molecule has 0 spiro atoms. The number of aromatic nitrogens is 4. The number of aryl methyl sites for hydroxylation is 1. The van der Waals surface area contributed by atoms with Gasteiger partial charge in [-0.15, -0.1) is 17.0 Å². The fraction of sp³-hybridized carbons (Fsp3) is 0.0526. The standard InChI is InChI=1S/C19H12BrN5O2S.BrH/c1-23-9-15(14-8-12(20)4-7-17(14)23)18-22-24-10-16(21-19(24)28-18)11-2-5-13(6-3-11)25(26)27;/h2-10H,1H3;1H. The Kier molecular flexibility index (Phi) is 5.01. The Morgan fingerprint density at radius 2 is 1.90 bits per heavy atom. The molecule has 0 unspecified atom stereocenters. The van der Waals surface area contributed by atoms with Crippen LogP contribution in [0.2, 0.25) is 0 Å². The maximum atomic E-state index is 10.8. The van der Waals surface area contributed by atoms with Crippen molar-refractivity contribution in [2.75, 3.05) is 0 Å². The molecular formula is C19H13Br2N5O2S. The van der Waals surface area contributed by atoms with Crippen LogP contribution < -0.4 is 0 Å². The minimum atomic E-state index is -0.411. The molecule has 0 saturated carbocycles. The highest BCUT2D eigenvalue weighted by atomic mass is 79.9. The molecule has 0 fully saturated rings. The molecule has 0 saturated heterocycles. The number of non-ortho nitro benzene ring substituents is 1. The van der Waals surface area contributed by atoms with Crippen molar-refractivity contribution in [1.82, 2.24) is 19.2 Å². The van der Waals surface area contributed by atoms with Gasteiger partial charge in [0.1, 0.15) is 5.01 Å². The lowest BCUT2D eigenvalue weighted by Crippen LogP contribution is -1.87. The molecule has 3 aromatic heterocycles. The Balaban J connectivity index is 0.00000205. The molecule has 0 aliphatic carbocycles. The Morgan fingerprint density at radius 3 is 2.59 bits per heavy atom. The average Bonchev–Trinajstić information content (AvgIpc) is 3.33. The van der Waals surface area contributed by atoms with Gasteiger partial charge in [0.2, 0.25) is 4.96 Å². The van der Waals surface area contributed by atoms with Crippen molar-refractivity contribution in [1.29, 1.82) is 0 Å². The second-order valence-corrected chi connectivity index (χ2v) is 8.25. The number of fused-ring (bicyclic) bond motifs is 2. The van der Waals surface area contributed by atoms with E-state index in [1.807, 2.05) is 19.3 Å². The zero-order chi connectivity index (χ0) is 19.4. The van der Waals surface area contributed by atoms with Gasteiger partial charge in [-0.2, -0.15) is 5.10 Å². The van der Waals surface area contributed by atoms with Crippen LogP contribution in [0.4, 0.5) is 5.69 Å². The number of nitro groups is 1. The predicted molar refractivity (Wildman–Crippen MR) is 123 cm³/mol. The average molecular weight is 535 g/mol. The van der Waals surface area contributed by atoms with Crippen LogP contribution in [0.5, 0.6) is 0 Å². The fourth-order valence-electron chi connectivity index (χ4n) is 3.24. The molecule has 3 heterocycles. The summed E-state index contributed by atoms with van der Waals surface area (Å²) in [5.74, 6) is 0. The minimum absolute atomic E-state index is 0. The summed E-state index contributed by atoms with van der Waals surface area (Å²) in [6, 6.07) is 12.6. The van der Waals surface area contributed by atoms with Crippen LogP contribution in [0.25, 0.3) is 37.7 Å². The first kappa shape index (κ1) is 19.7. The molecule has 0 bridgehead atoms. The summed E-state index contributed by atoms with van der Waals surface area (Å²) in [5, 5.41) is 17.5. The van der Waals surface area contributed by atoms with Gasteiger partial charge in [-0.05, 0) is 30.3 Å². The minimum Gasteiger partial charge on any atom is -0.350 e. The summed E-state index contributed by atoms with van der Waals surface area (Å²) < 4.78 is 4.87. The smallest absolute Gasteiger partial charge is 0.269 e. The van der Waals surface area contributed by atoms with Crippen LogP contribution in [0, 0.1) is 10.1 Å². The first-order valence-corrected chi connectivity index (χ1v) is 9.96. The highest BCUT2D eigenvalue weighted by Gasteiger charge is 2.16. The quantitative estimate of drug-likeness (QED) is 0.214. The van der Waals surface area contributed by atoms with Gasteiger partial charge >= 0.3 is 0 Å². The van der Waals surface area contributed by atoms with Crippen LogP contribution >= 0.6 is 44.2 Å². The maximum absolute atomic E-state index is 10.8. The van der Waals surface area contributed by atoms with Gasteiger partial charge in [-0.3, -0.25) is 10.1 Å². The van der Waals surface area contributed by atoms with Crippen molar-refractivity contribution in [3.63, 3.8) is 0 Å². The molecule has 2 aromatic carbocycles. The number of hydrogen-bond donors (Lipinski definition) is 0. The molecule has 0 radical (unpaired) electrons. The van der Waals surface area contributed by atoms with Crippen molar-refractivity contribution in [3.05, 3.63) is 69.4 Å². The summed E-state index contributed by atoms with van der Waals surface area (Å²) in [4.78, 5) is 15.8. The number of hydrogen-bond acceptors (Lipinski definition) is 5. The van der Waals surface area contributed by atoms with Gasteiger partial charge in [0, 0.05) is 51.9 Å². The molecule has 0 amide bonds. The van der Waals surface area contributed by atoms with Gasteiger partial charge in [0.25, 0.3) is 5.69 Å². The summed E-state index contributed by atoms with van der Waals surface area (Å²) in [6.45, 7) is 0. The first-order valence-electron chi connectivity index (χ1n) is 8.35. The van der Waals surface area contributed by atoms with Crippen molar-refractivity contribution in [2.45, 2.75) is 0 Å². The largest absolute Gasteiger partial charge is 0.350 e. The van der Waals surface area contributed by atoms with Crippen molar-refractivity contribution >= 4 is 65.8 Å². The van der Waals surface area contributed by atoms with Gasteiger partial charge in [-0.25, -0.2) is 9.50 Å². The topological polar surface area (TPSA) is 78.3 Å². The van der Waals surface area contributed by atoms with E-state index in [0.717, 1.165) is 42.2 Å². The van der Waals surface area contributed by atoms with Crippen LogP contribution in [-0.4, -0.2) is 24.1 Å². The third-order valence-corrected chi connectivity index (χ3v) is 6.05. The summed E-state index contributed by atoms with van der Waals surface area (Å²) in [6.07, 6.45) is 3.92. The van der Waals surface area contributed by atoms with E-state index in [1.165, 1.54) is 23.5 Å². The van der Waals surface area contributed by atoms with Gasteiger partial charge in [-0.1, -0.05) is 27.3 Å². The maximum Gasteiger partial charge on any atom is 0.269 e. The van der Waals surface area contributed by atoms with E-state index in [0.29, 0.717) is 0 Å². The molecule has 29 heavy (non-hydrogen) atoms. The zero-order valence-corrected chi connectivity index (χ0v) is 19.1. The predicted octanol–water partition coefficient (Wildman–Crippen LogP) is 5.87. The summed E-state index contributed by atoms with van der Waals surface area (Å²) in [7, 11) is 2.02.